The van der Waals surface area contributed by atoms with Crippen molar-refractivity contribution in [3.05, 3.63) is 40.6 Å². The molecule has 0 atom stereocenters. The predicted octanol–water partition coefficient (Wildman–Crippen LogP) is 2.88. The Bertz CT molecular complexity index is 1020. The molecule has 2 aromatic rings. The van der Waals surface area contributed by atoms with Gasteiger partial charge in [0.1, 0.15) is 15.5 Å². The van der Waals surface area contributed by atoms with Gasteiger partial charge in [-0.15, -0.1) is 11.3 Å². The first-order valence-electron chi connectivity index (χ1n) is 8.94. The molecule has 1 N–H and O–H groups in total. The molecular formula is C18H18F2N2O6S3. The van der Waals surface area contributed by atoms with Crippen molar-refractivity contribution >= 4 is 50.7 Å². The fourth-order valence-electron chi connectivity index (χ4n) is 2.69. The number of sulfonamides is 1. The van der Waals surface area contributed by atoms with Crippen LogP contribution in [-0.4, -0.2) is 62.4 Å². The van der Waals surface area contributed by atoms with Crippen LogP contribution in [0.3, 0.4) is 0 Å². The summed E-state index contributed by atoms with van der Waals surface area (Å²) >= 11 is 2.58. The van der Waals surface area contributed by atoms with Gasteiger partial charge in [0.15, 0.2) is 6.61 Å². The fourth-order valence-corrected chi connectivity index (χ4v) is 6.55. The molecule has 1 aliphatic heterocycles. The summed E-state index contributed by atoms with van der Waals surface area (Å²) in [5.74, 6) is -0.309. The first-order chi connectivity index (χ1) is 14.8. The number of ether oxygens (including phenoxy) is 2. The average molecular weight is 493 g/mol. The predicted molar refractivity (Wildman–Crippen MR) is 112 cm³/mol. The fraction of sp³-hybridized carbons (Fsp3) is 0.333. The number of hydrogen-bond acceptors (Lipinski definition) is 8. The van der Waals surface area contributed by atoms with Crippen molar-refractivity contribution in [1.29, 1.82) is 0 Å². The lowest BCUT2D eigenvalue weighted by Crippen LogP contribution is -2.38. The molecule has 3 rings (SSSR count). The highest BCUT2D eigenvalue weighted by atomic mass is 32.2. The van der Waals surface area contributed by atoms with Crippen LogP contribution < -0.4 is 10.1 Å². The standard InChI is InChI=1S/C18H18F2N2O6S3/c19-18(20)28-13-3-1-12(2-4-13)21-15(23)11-27-17(24)16-14(5-8-30-16)31(25,26)22-6-9-29-10-7-22/h1-5,8,18H,6-7,9-11H2,(H,21,23). The number of hydrogen-bond donors (Lipinski definition) is 1. The molecular weight excluding hydrogens is 474 g/mol. The lowest BCUT2D eigenvalue weighted by molar-refractivity contribution is -0.119. The van der Waals surface area contributed by atoms with Crippen LogP contribution in [0.15, 0.2) is 40.6 Å². The molecule has 168 valence electrons. The lowest BCUT2D eigenvalue weighted by Gasteiger charge is -2.25. The summed E-state index contributed by atoms with van der Waals surface area (Å²) in [5, 5.41) is 3.91. The minimum atomic E-state index is -3.83. The highest BCUT2D eigenvalue weighted by Gasteiger charge is 2.31. The van der Waals surface area contributed by atoms with E-state index in [-0.39, 0.29) is 21.2 Å². The van der Waals surface area contributed by atoms with Gasteiger partial charge in [-0.2, -0.15) is 24.8 Å². The SMILES string of the molecule is O=C(COC(=O)c1sccc1S(=O)(=O)N1CCSCC1)Nc1ccc(OC(F)F)cc1. The molecule has 0 aliphatic carbocycles. The second kappa shape index (κ2) is 10.4. The molecule has 1 aromatic carbocycles. The van der Waals surface area contributed by atoms with Gasteiger partial charge in [0.25, 0.3) is 5.91 Å². The van der Waals surface area contributed by atoms with Crippen LogP contribution in [0.1, 0.15) is 9.67 Å². The number of thiophene rings is 1. The van der Waals surface area contributed by atoms with E-state index >= 15 is 0 Å². The number of amides is 1. The molecule has 13 heteroatoms. The molecule has 0 unspecified atom stereocenters. The third-order valence-corrected chi connectivity index (χ3v) is 8.01. The number of thioether (sulfide) groups is 1. The summed E-state index contributed by atoms with van der Waals surface area (Å²) in [6.45, 7) is -2.88. The van der Waals surface area contributed by atoms with Crippen LogP contribution in [0.2, 0.25) is 0 Å². The Hall–Kier alpha value is -2.22. The molecule has 0 bridgehead atoms. The Morgan fingerprint density at radius 1 is 1.13 bits per heavy atom. The third-order valence-electron chi connectivity index (χ3n) is 4.10. The summed E-state index contributed by atoms with van der Waals surface area (Å²) in [5.41, 5.74) is 0.282. The number of nitrogens with zero attached hydrogens (tertiary/aromatic N) is 1. The molecule has 0 radical (unpaired) electrons. The number of halogens is 2. The molecule has 1 amide bonds. The molecule has 31 heavy (non-hydrogen) atoms. The zero-order valence-corrected chi connectivity index (χ0v) is 18.4. The van der Waals surface area contributed by atoms with Crippen LogP contribution in [0.5, 0.6) is 5.75 Å². The largest absolute Gasteiger partial charge is 0.451 e. The van der Waals surface area contributed by atoms with Gasteiger partial charge in [-0.25, -0.2) is 13.2 Å². The van der Waals surface area contributed by atoms with Gasteiger partial charge in [0.05, 0.1) is 0 Å². The second-order valence-corrected chi connectivity index (χ2v) is 10.2. The monoisotopic (exact) mass is 492 g/mol. The molecule has 1 aromatic heterocycles. The summed E-state index contributed by atoms with van der Waals surface area (Å²) in [7, 11) is -3.83. The van der Waals surface area contributed by atoms with E-state index < -0.39 is 35.1 Å². The van der Waals surface area contributed by atoms with Crippen LogP contribution in [0, 0.1) is 0 Å². The maximum Gasteiger partial charge on any atom is 0.387 e. The lowest BCUT2D eigenvalue weighted by atomic mass is 10.3. The zero-order valence-electron chi connectivity index (χ0n) is 16.0. The smallest absolute Gasteiger partial charge is 0.387 e. The highest BCUT2D eigenvalue weighted by Crippen LogP contribution is 2.27. The second-order valence-electron chi connectivity index (χ2n) is 6.16. The summed E-state index contributed by atoms with van der Waals surface area (Å²) in [6.07, 6.45) is 0. The van der Waals surface area contributed by atoms with Crippen LogP contribution in [0.4, 0.5) is 14.5 Å². The van der Waals surface area contributed by atoms with Crippen molar-refractivity contribution in [2.45, 2.75) is 11.5 Å². The number of alkyl halides is 2. The van der Waals surface area contributed by atoms with Crippen molar-refractivity contribution in [3.8, 4) is 5.75 Å². The van der Waals surface area contributed by atoms with Gasteiger partial charge in [-0.3, -0.25) is 4.79 Å². The Balaban J connectivity index is 1.58. The van der Waals surface area contributed by atoms with E-state index in [2.05, 4.69) is 10.1 Å². The maximum absolute atomic E-state index is 12.8. The average Bonchev–Trinajstić information content (AvgIpc) is 3.25. The number of rotatable bonds is 8. The molecule has 1 saturated heterocycles. The molecule has 0 spiro atoms. The van der Waals surface area contributed by atoms with E-state index in [4.69, 9.17) is 4.74 Å². The van der Waals surface area contributed by atoms with Crippen molar-refractivity contribution in [2.24, 2.45) is 0 Å². The first kappa shape index (κ1) is 23.4. The molecule has 1 fully saturated rings. The topological polar surface area (TPSA) is 102 Å². The number of carbonyl (C=O) groups is 2. The van der Waals surface area contributed by atoms with Gasteiger partial charge in [0.2, 0.25) is 10.0 Å². The van der Waals surface area contributed by atoms with Gasteiger partial charge in [-0.05, 0) is 35.7 Å². The van der Waals surface area contributed by atoms with Crippen molar-refractivity contribution in [1.82, 2.24) is 4.31 Å². The quantitative estimate of drug-likeness (QED) is 0.566. The van der Waals surface area contributed by atoms with Gasteiger partial charge < -0.3 is 14.8 Å². The van der Waals surface area contributed by atoms with E-state index in [0.717, 1.165) is 11.3 Å². The van der Waals surface area contributed by atoms with Crippen molar-refractivity contribution < 1.29 is 36.3 Å². The summed E-state index contributed by atoms with van der Waals surface area (Å²) < 4.78 is 60.5. The molecule has 8 nitrogen and oxygen atoms in total. The Labute approximate surface area is 185 Å². The Morgan fingerprint density at radius 2 is 1.81 bits per heavy atom. The third kappa shape index (κ3) is 6.15. The number of esters is 1. The first-order valence-corrected chi connectivity index (χ1v) is 12.4. The van der Waals surface area contributed by atoms with Gasteiger partial charge in [-0.1, -0.05) is 0 Å². The van der Waals surface area contributed by atoms with E-state index in [1.807, 2.05) is 0 Å². The number of benzene rings is 1. The highest BCUT2D eigenvalue weighted by molar-refractivity contribution is 7.99. The maximum atomic E-state index is 12.8. The summed E-state index contributed by atoms with van der Waals surface area (Å²) in [4.78, 5) is 24.2. The Morgan fingerprint density at radius 3 is 2.45 bits per heavy atom. The Kier molecular flexibility index (Phi) is 7.86. The number of carbonyl (C=O) groups excluding carboxylic acids is 2. The summed E-state index contributed by atoms with van der Waals surface area (Å²) in [6, 6.07) is 6.53. The van der Waals surface area contributed by atoms with Crippen molar-refractivity contribution in [3.63, 3.8) is 0 Å². The number of nitrogens with one attached hydrogen (secondary N) is 1. The van der Waals surface area contributed by atoms with Crippen LogP contribution in [0.25, 0.3) is 0 Å². The van der Waals surface area contributed by atoms with Crippen molar-refractivity contribution in [2.75, 3.05) is 36.5 Å². The van der Waals surface area contributed by atoms with Crippen LogP contribution in [-0.2, 0) is 19.6 Å². The van der Waals surface area contributed by atoms with E-state index in [0.29, 0.717) is 24.6 Å². The normalized spacial score (nSPS) is 14.9. The molecule has 0 saturated carbocycles. The minimum absolute atomic E-state index is 0.0711. The number of anilines is 1. The molecule has 2 heterocycles. The van der Waals surface area contributed by atoms with E-state index in [1.54, 1.807) is 11.8 Å². The zero-order chi connectivity index (χ0) is 22.4. The van der Waals surface area contributed by atoms with Crippen LogP contribution >= 0.6 is 23.1 Å². The van der Waals surface area contributed by atoms with E-state index in [1.165, 1.54) is 40.0 Å². The van der Waals surface area contributed by atoms with E-state index in [9.17, 15) is 26.8 Å². The minimum Gasteiger partial charge on any atom is -0.451 e. The van der Waals surface area contributed by atoms with Gasteiger partial charge >= 0.3 is 12.6 Å². The molecule has 1 aliphatic rings. The van der Waals surface area contributed by atoms with Gasteiger partial charge in [0, 0.05) is 30.3 Å².